The molecule has 4 heterocycles. The summed E-state index contributed by atoms with van der Waals surface area (Å²) in [4.78, 5) is 94.8. The number of alkyl carbamates (subject to hydrolysis) is 3. The summed E-state index contributed by atoms with van der Waals surface area (Å²) in [6.45, 7) is 14.1. The molecule has 5 amide bonds. The first-order valence-electron chi connectivity index (χ1n) is 40.7. The summed E-state index contributed by atoms with van der Waals surface area (Å²) in [6.07, 6.45) is 23.2. The van der Waals surface area contributed by atoms with E-state index >= 15 is 0 Å². The monoisotopic (exact) mass is 1670 g/mol. The zero-order valence-corrected chi connectivity index (χ0v) is 71.9. The van der Waals surface area contributed by atoms with Gasteiger partial charge in [-0.2, -0.15) is 13.5 Å². The third-order valence-corrected chi connectivity index (χ3v) is 19.5. The van der Waals surface area contributed by atoms with Crippen LogP contribution in [0.2, 0.25) is 12.6 Å². The summed E-state index contributed by atoms with van der Waals surface area (Å²) in [5.41, 5.74) is 15.9. The summed E-state index contributed by atoms with van der Waals surface area (Å²) in [7, 11) is 2.88. The predicted octanol–water partition coefficient (Wildman–Crippen LogP) is 16.2. The first kappa shape index (κ1) is 102. The maximum Gasteiger partial charge on any atom is 0.457 e. The fraction of sp³-hybridized carbons (Fsp3) is 0.422. The number of nitrogens with one attached hydrogen (secondary N) is 5. The molecule has 648 valence electrons. The number of carbonyl (C=O) groups is 7. The Balaban J connectivity index is 0.000000310. The van der Waals surface area contributed by atoms with Crippen molar-refractivity contribution in [1.82, 2.24) is 30.9 Å². The standard InChI is InChI=1S/C25H29N3O3.C17H25NO4.C16H22BN3O3.C13H25BO4.C10H13NO3.C9H8N2.H2S/c1-2-3-5-10-22(17-27-25(30)31-18-19-8-6-4-7-9-19)24(29)28-23-12-11-21-16-26-14-13-20(21)15-23;1-3-4-6-11-15(16(19)21-2)12-18-17(20)22-13-14-9-7-5-8-10-14;18-10-13(3-1-2-7-17(22)23)16(21)20-15-5-4-14-11-19-8-6-12(14)9-15;1-12(2)13(3,4)18-14(17-12)10-8-6-7-9-11(15)16-5;1-13-8-11-10(12)14-7-9-5-3-2-4-6-9;10-9-2-1-8-6-11-4-3-7(8)5-9;/h4,6-9,11-16,22H,2-3,5,10,17-18H2,1H3,(H,27,30)(H,28,29);5,7-10,15H,3-4,6,11-13H2,1-2H3,(H,18,20);4-6,8-9,11,13,22-23H,1-3,7,10,18H2,(H,20,21);6-10H2,1-5H3;2-6H,7-8H2,1H3,(H,11,12);1-6H,10H2;1H2/t;;13-;;;;/m..0..../s1. The summed E-state index contributed by atoms with van der Waals surface area (Å²) >= 11 is 0. The van der Waals surface area contributed by atoms with Crippen LogP contribution in [0.25, 0.3) is 32.3 Å². The summed E-state index contributed by atoms with van der Waals surface area (Å²) in [5, 5.41) is 37.6. The van der Waals surface area contributed by atoms with Crippen molar-refractivity contribution >= 4 is 119 Å². The average molecular weight is 1670 g/mol. The van der Waals surface area contributed by atoms with E-state index in [4.69, 9.17) is 49.8 Å². The summed E-state index contributed by atoms with van der Waals surface area (Å²) in [6, 6.07) is 51.4. The molecule has 0 radical (unpaired) electrons. The van der Waals surface area contributed by atoms with Crippen LogP contribution in [-0.4, -0.2) is 140 Å². The van der Waals surface area contributed by atoms with Gasteiger partial charge in [0.05, 0.1) is 43.2 Å². The fourth-order valence-electron chi connectivity index (χ4n) is 11.9. The number of unbranched alkanes of at least 4 members (excludes halogenated alkanes) is 7. The molecule has 0 spiro atoms. The molecule has 3 atom stereocenters. The maximum absolute atomic E-state index is 12.9. The number of nitrogens with zero attached hydrogens (tertiary/aromatic N) is 3. The van der Waals surface area contributed by atoms with Crippen LogP contribution in [0.3, 0.4) is 0 Å². The van der Waals surface area contributed by atoms with Gasteiger partial charge < -0.3 is 80.5 Å². The molecule has 0 bridgehead atoms. The van der Waals surface area contributed by atoms with Gasteiger partial charge in [0.15, 0.2) is 0 Å². The number of nitrogen functional groups attached to an aromatic ring is 1. The van der Waals surface area contributed by atoms with Crippen molar-refractivity contribution in [3.05, 3.63) is 218 Å². The van der Waals surface area contributed by atoms with Gasteiger partial charge in [-0.25, -0.2) is 14.4 Å². The van der Waals surface area contributed by atoms with Gasteiger partial charge in [-0.05, 0) is 153 Å². The van der Waals surface area contributed by atoms with Gasteiger partial charge in [0.25, 0.3) is 0 Å². The molecule has 1 saturated heterocycles. The largest absolute Gasteiger partial charge is 0.469 e. The Bertz CT molecular complexity index is 4420. The van der Waals surface area contributed by atoms with Crippen molar-refractivity contribution in [2.75, 3.05) is 64.1 Å². The van der Waals surface area contributed by atoms with Gasteiger partial charge in [0.2, 0.25) is 11.8 Å². The number of carbonyl (C=O) groups excluding carboxylic acids is 7. The highest BCUT2D eigenvalue weighted by Crippen LogP contribution is 2.38. The fourth-order valence-corrected chi connectivity index (χ4v) is 11.9. The van der Waals surface area contributed by atoms with E-state index in [1.807, 2.05) is 170 Å². The Kier molecular flexibility index (Phi) is 49.3. The highest BCUT2D eigenvalue weighted by molar-refractivity contribution is 7.59. The lowest BCUT2D eigenvalue weighted by atomic mass is 9.82. The molecule has 11 N–H and O–H groups in total. The predicted molar refractivity (Wildman–Crippen MR) is 478 cm³/mol. The van der Waals surface area contributed by atoms with Crippen molar-refractivity contribution in [2.45, 2.75) is 182 Å². The molecule has 120 heavy (non-hydrogen) atoms. The van der Waals surface area contributed by atoms with Crippen LogP contribution in [0.4, 0.5) is 31.4 Å². The number of hydrogen-bond donors (Lipinski definition) is 9. The Morgan fingerprint density at radius 2 is 0.900 bits per heavy atom. The van der Waals surface area contributed by atoms with E-state index in [0.717, 1.165) is 137 Å². The van der Waals surface area contributed by atoms with Crippen LogP contribution < -0.4 is 38.1 Å². The molecule has 10 rings (SSSR count). The molecule has 3 aromatic heterocycles. The molecule has 1 fully saturated rings. The SMILES string of the molecule is CCCCCC(CNC(=O)OCc1ccccc1)C(=O)Nc1ccc2cnccc2c1.CCCCCC(CNC(=O)OCc1ccccc1)C(=O)OC.COC(=O)CCCCCB1OC(C)(C)C(C)(C)O1.COCNC(=O)OCc1ccccc1.NC[C@H](CCCCB(O)O)C(=O)Nc1ccc2cnccc2c1.Nc1ccc2cnccc2c1.S. The second-order valence-corrected chi connectivity index (χ2v) is 29.4. The normalized spacial score (nSPS) is 12.7. The lowest BCUT2D eigenvalue weighted by Crippen LogP contribution is -2.41. The number of nitrogens with two attached hydrogens (primary N) is 2. The zero-order chi connectivity index (χ0) is 86.5. The van der Waals surface area contributed by atoms with Crippen LogP contribution in [0.15, 0.2) is 201 Å². The number of aromatic nitrogens is 3. The van der Waals surface area contributed by atoms with Gasteiger partial charge in [0, 0.05) is 104 Å². The van der Waals surface area contributed by atoms with Gasteiger partial charge in [-0.1, -0.05) is 187 Å². The molecule has 1 aliphatic heterocycles. The van der Waals surface area contributed by atoms with Gasteiger partial charge in [0.1, 0.15) is 26.6 Å². The van der Waals surface area contributed by atoms with Crippen molar-refractivity contribution in [3.8, 4) is 0 Å². The number of ether oxygens (including phenoxy) is 6. The first-order valence-corrected chi connectivity index (χ1v) is 40.7. The quantitative estimate of drug-likeness (QED) is 0.00436. The topological polar surface area (TPSA) is 385 Å². The molecule has 30 heteroatoms. The van der Waals surface area contributed by atoms with Crippen LogP contribution in [0.5, 0.6) is 0 Å². The van der Waals surface area contributed by atoms with E-state index in [2.05, 4.69) is 92.6 Å². The van der Waals surface area contributed by atoms with Crippen LogP contribution in [0, 0.1) is 17.8 Å². The number of anilines is 3. The van der Waals surface area contributed by atoms with E-state index < -0.39 is 25.4 Å². The number of fused-ring (bicyclic) bond motifs is 3. The van der Waals surface area contributed by atoms with Crippen molar-refractivity contribution in [2.24, 2.45) is 23.5 Å². The number of amides is 5. The minimum absolute atomic E-state index is 0. The molecule has 0 saturated carbocycles. The summed E-state index contributed by atoms with van der Waals surface area (Å²) in [5.74, 6) is -1.56. The van der Waals surface area contributed by atoms with E-state index in [0.29, 0.717) is 38.4 Å². The molecular formula is C90H124B2N10O17S. The number of rotatable bonds is 37. The van der Waals surface area contributed by atoms with Gasteiger partial charge >= 0.3 is 44.5 Å². The number of hydrogen-bond acceptors (Lipinski definition) is 22. The minimum Gasteiger partial charge on any atom is -0.469 e. The van der Waals surface area contributed by atoms with Gasteiger partial charge in [-0.3, -0.25) is 39.4 Å². The Morgan fingerprint density at radius 1 is 0.483 bits per heavy atom. The minimum atomic E-state index is -1.28. The second-order valence-electron chi connectivity index (χ2n) is 29.4. The average Bonchev–Trinajstić information content (AvgIpc) is 1.64. The molecular weight excluding hydrogens is 1550 g/mol. The maximum atomic E-state index is 12.9. The molecule has 27 nitrogen and oxygen atoms in total. The lowest BCUT2D eigenvalue weighted by Gasteiger charge is -2.32. The second kappa shape index (κ2) is 58.2. The van der Waals surface area contributed by atoms with Crippen LogP contribution in [0.1, 0.15) is 155 Å². The Morgan fingerprint density at radius 3 is 1.33 bits per heavy atom. The van der Waals surface area contributed by atoms with Crippen LogP contribution in [-0.2, 0) is 76.7 Å². The molecule has 6 aromatic carbocycles. The number of pyridine rings is 3. The van der Waals surface area contributed by atoms with Gasteiger partial charge in [-0.15, -0.1) is 0 Å². The zero-order valence-electron chi connectivity index (χ0n) is 70.9. The lowest BCUT2D eigenvalue weighted by molar-refractivity contribution is -0.145. The number of methoxy groups -OCH3 is 3. The molecule has 2 unspecified atom stereocenters. The highest BCUT2D eigenvalue weighted by atomic mass is 32.1. The molecule has 1 aliphatic rings. The number of esters is 2. The molecule has 9 aromatic rings. The van der Waals surface area contributed by atoms with E-state index in [9.17, 15) is 33.6 Å². The highest BCUT2D eigenvalue weighted by Gasteiger charge is 2.50. The Labute approximate surface area is 714 Å². The van der Waals surface area contributed by atoms with Crippen molar-refractivity contribution in [3.63, 3.8) is 0 Å². The van der Waals surface area contributed by atoms with E-state index in [-0.39, 0.29) is 120 Å². The third kappa shape index (κ3) is 40.8. The van der Waals surface area contributed by atoms with E-state index in [1.165, 1.54) is 21.3 Å². The number of benzene rings is 6. The smallest absolute Gasteiger partial charge is 0.457 e. The van der Waals surface area contributed by atoms with Crippen molar-refractivity contribution < 1.29 is 81.3 Å². The summed E-state index contributed by atoms with van der Waals surface area (Å²) < 4.78 is 41.1. The van der Waals surface area contributed by atoms with E-state index in [1.54, 1.807) is 31.0 Å². The van der Waals surface area contributed by atoms with Crippen LogP contribution >= 0.6 is 13.5 Å². The Hall–Kier alpha value is -10.7. The third-order valence-electron chi connectivity index (χ3n) is 19.5. The molecule has 0 aliphatic carbocycles. The van der Waals surface area contributed by atoms with Crippen molar-refractivity contribution in [1.29, 1.82) is 0 Å². The first-order chi connectivity index (χ1) is 57.4.